The summed E-state index contributed by atoms with van der Waals surface area (Å²) in [5, 5.41) is 0. The molecular formula is C36H110O18Si18. The zero-order chi connectivity index (χ0) is 57.9. The van der Waals surface area contributed by atoms with E-state index in [1.165, 1.54) is 0 Å². The van der Waals surface area contributed by atoms with Gasteiger partial charge in [-0.25, -0.2) is 0 Å². The summed E-state index contributed by atoms with van der Waals surface area (Å²) in [5.41, 5.74) is 0. The van der Waals surface area contributed by atoms with Crippen LogP contribution in [0.4, 0.5) is 0 Å². The van der Waals surface area contributed by atoms with Crippen LogP contribution in [0.1, 0.15) is 0 Å². The third-order valence-corrected chi connectivity index (χ3v) is 72.7. The normalized spacial score (nSPS) is 15.9. The molecule has 0 rings (SSSR count). The van der Waals surface area contributed by atoms with E-state index in [9.17, 15) is 0 Å². The molecule has 0 saturated carbocycles. The number of rotatable bonds is 35. The van der Waals surface area contributed by atoms with E-state index < -0.39 is 155 Å². The van der Waals surface area contributed by atoms with Gasteiger partial charge in [0.1, 0.15) is 0 Å². The fourth-order valence-corrected chi connectivity index (χ4v) is 95.6. The van der Waals surface area contributed by atoms with Gasteiger partial charge in [0.05, 0.1) is 0 Å². The van der Waals surface area contributed by atoms with E-state index in [1.807, 2.05) is 52.4 Å². The molecule has 0 aliphatic rings. The maximum atomic E-state index is 6.91. The Labute approximate surface area is 462 Å². The molecule has 0 bridgehead atoms. The smallest absolute Gasteiger partial charge is 0.358 e. The van der Waals surface area contributed by atoms with Gasteiger partial charge in [-0.2, -0.15) is 0 Å². The van der Waals surface area contributed by atoms with Gasteiger partial charge in [-0.05, 0) is 236 Å². The molecule has 0 aromatic carbocycles. The summed E-state index contributed by atoms with van der Waals surface area (Å²) in [4.78, 5) is 0. The third kappa shape index (κ3) is 35.1. The Bertz CT molecular complexity index is 1700. The lowest BCUT2D eigenvalue weighted by Gasteiger charge is -2.45. The first-order valence-electron chi connectivity index (χ1n) is 25.5. The molecule has 0 fully saturated rings. The predicted octanol–water partition coefficient (Wildman–Crippen LogP) is 12.4. The van der Waals surface area contributed by atoms with Crippen LogP contribution >= 0.6 is 0 Å². The van der Waals surface area contributed by atoms with Gasteiger partial charge in [0.2, 0.25) is 9.04 Å². The van der Waals surface area contributed by atoms with Crippen LogP contribution in [0.25, 0.3) is 0 Å². The minimum absolute atomic E-state index is 1.26. The van der Waals surface area contributed by atoms with Gasteiger partial charge in [0.25, 0.3) is 0 Å². The predicted molar refractivity (Wildman–Crippen MR) is 337 cm³/mol. The molecule has 0 aliphatic heterocycles. The van der Waals surface area contributed by atoms with Crippen molar-refractivity contribution in [2.24, 2.45) is 0 Å². The molecule has 0 atom stereocenters. The summed E-state index contributed by atoms with van der Waals surface area (Å²) < 4.78 is 120. The molecule has 0 spiro atoms. The van der Waals surface area contributed by atoms with E-state index >= 15 is 0 Å². The summed E-state index contributed by atoms with van der Waals surface area (Å²) in [6.07, 6.45) is 0. The fourth-order valence-electron chi connectivity index (χ4n) is 9.99. The lowest BCUT2D eigenvalue weighted by Crippen LogP contribution is -2.63. The van der Waals surface area contributed by atoms with Crippen molar-refractivity contribution in [2.45, 2.75) is 236 Å². The highest BCUT2D eigenvalue weighted by atomic mass is 28.5. The van der Waals surface area contributed by atoms with Crippen molar-refractivity contribution in [2.75, 3.05) is 0 Å². The second-order valence-electron chi connectivity index (χ2n) is 26.3. The first-order valence-corrected chi connectivity index (χ1v) is 76.1. The van der Waals surface area contributed by atoms with Crippen LogP contribution in [-0.4, -0.2) is 155 Å². The summed E-state index contributed by atoms with van der Waals surface area (Å²) in [6.45, 7) is 74.1. The number of hydrogen-bond donors (Lipinski definition) is 0. The van der Waals surface area contributed by atoms with Crippen molar-refractivity contribution in [1.29, 1.82) is 0 Å². The molecule has 0 aromatic rings. The van der Waals surface area contributed by atoms with Crippen LogP contribution in [0.2, 0.25) is 236 Å². The Morgan fingerprint density at radius 2 is 0.292 bits per heavy atom. The molecule has 0 unspecified atom stereocenters. The molecule has 0 heterocycles. The minimum atomic E-state index is -2.83. The quantitative estimate of drug-likeness (QED) is 0.0334. The van der Waals surface area contributed by atoms with Gasteiger partial charge in [-0.3, -0.25) is 9.15 Å². The molecule has 0 aliphatic carbocycles. The van der Waals surface area contributed by atoms with Gasteiger partial charge in [0.15, 0.2) is 9.04 Å². The Morgan fingerprint density at radius 3 is 0.417 bits per heavy atom. The SMILES string of the molecule is C[SiH](C)OO[Si](C)(C)O[Si](C)(C)O[Si](C)(C)O[Si](C)(C)O[Si](C)(C)O[Si](C)(C)O[Si](C)(C)O[Si](C)(C)O[Si](C)(C)O[Si](C)(C)O[Si](C)(C)O[Si](C)(C)O[Si](C)(C)O[Si](C)(C)O[Si](C)(C)O[Si](C)(C)O[SiH](C)C. The van der Waals surface area contributed by atoms with Crippen molar-refractivity contribution in [3.05, 3.63) is 0 Å². The average molecular weight is 1340 g/mol. The third-order valence-electron chi connectivity index (χ3n) is 8.33. The Hall–Kier alpha value is 3.18. The molecule has 434 valence electrons. The molecule has 18 nitrogen and oxygen atoms in total. The van der Waals surface area contributed by atoms with Crippen LogP contribution < -0.4 is 0 Å². The van der Waals surface area contributed by atoms with Gasteiger partial charge in [-0.1, -0.05) is 0 Å². The second-order valence-corrected chi connectivity index (χ2v) is 88.9. The Balaban J connectivity index is 5.74. The second kappa shape index (κ2) is 26.2. The van der Waals surface area contributed by atoms with Crippen molar-refractivity contribution < 1.29 is 75.0 Å². The van der Waals surface area contributed by atoms with Crippen molar-refractivity contribution in [1.82, 2.24) is 0 Å². The Morgan fingerprint density at radius 1 is 0.167 bits per heavy atom. The topological polar surface area (TPSA) is 166 Å². The maximum absolute atomic E-state index is 6.91. The zero-order valence-corrected chi connectivity index (χ0v) is 70.8. The summed E-state index contributed by atoms with van der Waals surface area (Å²) in [7, 11) is -46.2. The fraction of sp³-hybridized carbons (Fsp3) is 1.00. The minimum Gasteiger partial charge on any atom is -0.440 e. The van der Waals surface area contributed by atoms with Gasteiger partial charge >= 0.3 is 137 Å². The van der Waals surface area contributed by atoms with E-state index in [0.717, 1.165) is 0 Å². The molecule has 0 N–H and O–H groups in total. The van der Waals surface area contributed by atoms with Crippen LogP contribution in [0.5, 0.6) is 0 Å². The van der Waals surface area contributed by atoms with E-state index in [4.69, 9.17) is 75.0 Å². The summed E-state index contributed by atoms with van der Waals surface area (Å²) in [6, 6.07) is 0. The van der Waals surface area contributed by atoms with Crippen LogP contribution in [0.3, 0.4) is 0 Å². The van der Waals surface area contributed by atoms with E-state index in [1.54, 1.807) is 0 Å². The molecular weight excluding hydrogens is 1230 g/mol. The lowest BCUT2D eigenvalue weighted by atomic mass is 11.9. The van der Waals surface area contributed by atoms with Crippen LogP contribution in [0, 0.1) is 0 Å². The highest BCUT2D eigenvalue weighted by molar-refractivity contribution is 6.95. The van der Waals surface area contributed by atoms with Crippen molar-refractivity contribution in [3.8, 4) is 0 Å². The van der Waals surface area contributed by atoms with E-state index in [0.29, 0.717) is 0 Å². The summed E-state index contributed by atoms with van der Waals surface area (Å²) in [5.74, 6) is 0. The number of hydrogen-bond acceptors (Lipinski definition) is 18. The molecule has 0 amide bonds. The largest absolute Gasteiger partial charge is 0.440 e. The first kappa shape index (κ1) is 75.2. The maximum Gasteiger partial charge on any atom is 0.358 e. The van der Waals surface area contributed by atoms with E-state index in [-0.39, 0.29) is 0 Å². The van der Waals surface area contributed by atoms with Crippen molar-refractivity contribution >= 4 is 155 Å². The lowest BCUT2D eigenvalue weighted by molar-refractivity contribution is -0.132. The van der Waals surface area contributed by atoms with Gasteiger partial charge in [-0.15, -0.1) is 0 Å². The van der Waals surface area contributed by atoms with E-state index in [2.05, 4.69) is 183 Å². The standard InChI is InChI=1S/C36H110O18Si18/c1-55(2)37-38-57(5,6)40-59(9,10)42-61(13,14)44-63(17,18)46-65(21,22)48-67(25,26)50-69(29,30)52-71(33,34)54-72(35,36)53-70(31,32)51-68(27,28)49-66(23,24)47-64(19,20)45-62(15,16)43-60(11,12)41-58(7,8)39-56(3)4/h55-56H,1-36H3. The highest BCUT2D eigenvalue weighted by Gasteiger charge is 2.53. The zero-order valence-electron chi connectivity index (χ0n) is 52.5. The van der Waals surface area contributed by atoms with Gasteiger partial charge in [0, 0.05) is 0 Å². The first-order chi connectivity index (χ1) is 30.9. The summed E-state index contributed by atoms with van der Waals surface area (Å²) >= 11 is 0. The van der Waals surface area contributed by atoms with Crippen LogP contribution in [-0.2, 0) is 75.0 Å². The monoisotopic (exact) mass is 1330 g/mol. The molecule has 0 saturated heterocycles. The average Bonchev–Trinajstić information content (AvgIpc) is 2.88. The highest BCUT2D eigenvalue weighted by Crippen LogP contribution is 2.33. The van der Waals surface area contributed by atoms with Gasteiger partial charge < -0.3 is 65.8 Å². The molecule has 0 radical (unpaired) electrons. The molecule has 36 heteroatoms. The Kier molecular flexibility index (Phi) is 27.3. The van der Waals surface area contributed by atoms with Crippen LogP contribution in [0.15, 0.2) is 0 Å². The molecule has 0 aromatic heterocycles. The van der Waals surface area contributed by atoms with Crippen molar-refractivity contribution in [3.63, 3.8) is 0 Å². The molecule has 72 heavy (non-hydrogen) atoms.